The molecule has 3 heterocycles. The molecule has 0 unspecified atom stereocenters. The second-order valence-corrected chi connectivity index (χ2v) is 11.0. The highest BCUT2D eigenvalue weighted by atomic mass is 32.1. The Morgan fingerprint density at radius 2 is 1.87 bits per heavy atom. The maximum absolute atomic E-state index is 6.77. The molecule has 4 aromatic rings. The third-order valence-corrected chi connectivity index (χ3v) is 8.69. The van der Waals surface area contributed by atoms with Crippen LogP contribution in [0.1, 0.15) is 55.9 Å². The van der Waals surface area contributed by atoms with E-state index >= 15 is 0 Å². The Kier molecular flexibility index (Phi) is 3.86. The predicted molar refractivity (Wildman–Crippen MR) is 126 cm³/mol. The first kappa shape index (κ1) is 18.4. The van der Waals surface area contributed by atoms with Gasteiger partial charge in [-0.3, -0.25) is 0 Å². The lowest BCUT2D eigenvalue weighted by atomic mass is 9.72. The van der Waals surface area contributed by atoms with Gasteiger partial charge in [0.1, 0.15) is 18.2 Å². The summed E-state index contributed by atoms with van der Waals surface area (Å²) >= 11 is 1.96. The molecular formula is C27H28NOS+. The predicted octanol–water partition coefficient (Wildman–Crippen LogP) is 7.64. The molecule has 0 bridgehead atoms. The normalized spacial score (nSPS) is 17.9. The molecule has 2 nitrogen and oxygen atoms in total. The van der Waals surface area contributed by atoms with Gasteiger partial charge in [-0.1, -0.05) is 38.1 Å². The summed E-state index contributed by atoms with van der Waals surface area (Å²) in [7, 11) is 2.17. The van der Waals surface area contributed by atoms with Crippen molar-refractivity contribution in [2.45, 2.75) is 52.4 Å². The van der Waals surface area contributed by atoms with Gasteiger partial charge in [-0.2, -0.15) is 0 Å². The summed E-state index contributed by atoms with van der Waals surface area (Å²) in [5.74, 6) is 2.76. The molecule has 0 radical (unpaired) electrons. The van der Waals surface area contributed by atoms with E-state index in [1.54, 1.807) is 0 Å². The zero-order chi connectivity index (χ0) is 20.6. The summed E-state index contributed by atoms with van der Waals surface area (Å²) in [6.07, 6.45) is 7.34. The minimum Gasteiger partial charge on any atom is -0.454 e. The van der Waals surface area contributed by atoms with Gasteiger partial charge in [0.05, 0.1) is 15.1 Å². The van der Waals surface area contributed by atoms with Gasteiger partial charge in [-0.15, -0.1) is 11.3 Å². The van der Waals surface area contributed by atoms with Crippen LogP contribution in [0.5, 0.6) is 11.5 Å². The van der Waals surface area contributed by atoms with Crippen molar-refractivity contribution >= 4 is 32.2 Å². The lowest BCUT2D eigenvalue weighted by Crippen LogP contribution is -2.31. The van der Waals surface area contributed by atoms with Crippen molar-refractivity contribution in [1.82, 2.24) is 0 Å². The number of ether oxygens (including phenoxy) is 1. The molecule has 1 aliphatic heterocycles. The number of aromatic nitrogens is 1. The van der Waals surface area contributed by atoms with Crippen molar-refractivity contribution in [1.29, 1.82) is 0 Å². The number of benzene rings is 2. The molecular weight excluding hydrogens is 386 g/mol. The van der Waals surface area contributed by atoms with Crippen molar-refractivity contribution in [3.05, 3.63) is 53.0 Å². The Balaban J connectivity index is 1.61. The molecule has 2 aliphatic rings. The third-order valence-electron chi connectivity index (χ3n) is 7.39. The van der Waals surface area contributed by atoms with Gasteiger partial charge in [0.25, 0.3) is 0 Å². The van der Waals surface area contributed by atoms with E-state index in [0.717, 1.165) is 11.5 Å². The van der Waals surface area contributed by atoms with E-state index in [1.807, 2.05) is 11.3 Å². The van der Waals surface area contributed by atoms with E-state index in [1.165, 1.54) is 68.2 Å². The fraction of sp³-hybridized carbons (Fsp3) is 0.370. The molecule has 3 heteroatoms. The molecule has 1 aliphatic carbocycles. The van der Waals surface area contributed by atoms with Gasteiger partial charge in [0.15, 0.2) is 11.9 Å². The van der Waals surface area contributed by atoms with Crippen LogP contribution in [-0.4, -0.2) is 0 Å². The Morgan fingerprint density at radius 3 is 2.67 bits per heavy atom. The van der Waals surface area contributed by atoms with Crippen LogP contribution in [0.2, 0.25) is 0 Å². The Bertz CT molecular complexity index is 1320. The van der Waals surface area contributed by atoms with E-state index in [4.69, 9.17) is 4.74 Å². The lowest BCUT2D eigenvalue weighted by molar-refractivity contribution is -0.659. The second-order valence-electron chi connectivity index (χ2n) is 9.95. The van der Waals surface area contributed by atoms with E-state index in [0.29, 0.717) is 11.3 Å². The molecule has 30 heavy (non-hydrogen) atoms. The first-order valence-electron chi connectivity index (χ1n) is 11.1. The highest BCUT2D eigenvalue weighted by Crippen LogP contribution is 2.56. The number of aryl methyl sites for hydroxylation is 2. The number of hydrogen-bond acceptors (Lipinski definition) is 2. The third kappa shape index (κ3) is 2.58. The number of hydrogen-bond donors (Lipinski definition) is 0. The van der Waals surface area contributed by atoms with Crippen molar-refractivity contribution in [3.63, 3.8) is 0 Å². The maximum Gasteiger partial charge on any atom is 0.228 e. The fourth-order valence-electron chi connectivity index (χ4n) is 5.54. The van der Waals surface area contributed by atoms with Crippen LogP contribution >= 0.6 is 11.3 Å². The van der Waals surface area contributed by atoms with Crippen LogP contribution in [-0.2, 0) is 7.05 Å². The monoisotopic (exact) mass is 414 g/mol. The molecule has 0 saturated heterocycles. The van der Waals surface area contributed by atoms with Crippen LogP contribution in [0.4, 0.5) is 0 Å². The molecule has 1 saturated carbocycles. The standard InChI is InChI=1S/C27H28NOS/c1-16-19-8-6-5-7-18(19)15-20-22(16)24-23-21(11-14-28(24)4)30-26(25(23)29-20)17-9-12-27(2,3)13-10-17/h5-8,11,14-15,17H,9-10,12-13H2,1-4H3/q+1. The number of thiophene rings is 1. The molecule has 0 atom stereocenters. The van der Waals surface area contributed by atoms with Gasteiger partial charge in [0, 0.05) is 6.07 Å². The van der Waals surface area contributed by atoms with Crippen LogP contribution in [0.25, 0.3) is 32.1 Å². The molecule has 0 amide bonds. The number of rotatable bonds is 1. The molecule has 2 aromatic heterocycles. The minimum atomic E-state index is 0.478. The van der Waals surface area contributed by atoms with Gasteiger partial charge < -0.3 is 4.74 Å². The SMILES string of the molecule is Cc1c2c(cc3ccccc13)Oc1c(C3CCC(C)(C)CC3)sc3cc[n+](C)c-2c13. The maximum atomic E-state index is 6.77. The highest BCUT2D eigenvalue weighted by Gasteiger charge is 2.37. The fourth-order valence-corrected chi connectivity index (χ4v) is 6.83. The van der Waals surface area contributed by atoms with E-state index in [-0.39, 0.29) is 0 Å². The Hall–Kier alpha value is -2.39. The lowest BCUT2D eigenvalue weighted by Gasteiger charge is -2.34. The number of nitrogens with zero attached hydrogens (tertiary/aromatic N) is 1. The first-order chi connectivity index (χ1) is 14.4. The Morgan fingerprint density at radius 1 is 1.10 bits per heavy atom. The van der Waals surface area contributed by atoms with Crippen LogP contribution in [0, 0.1) is 12.3 Å². The van der Waals surface area contributed by atoms with Crippen LogP contribution in [0.15, 0.2) is 42.6 Å². The topological polar surface area (TPSA) is 13.1 Å². The van der Waals surface area contributed by atoms with Crippen molar-refractivity contribution in [2.75, 3.05) is 0 Å². The summed E-state index contributed by atoms with van der Waals surface area (Å²) in [6, 6.07) is 13.2. The van der Waals surface area contributed by atoms with Crippen LogP contribution in [0.3, 0.4) is 0 Å². The summed E-state index contributed by atoms with van der Waals surface area (Å²) in [4.78, 5) is 1.46. The molecule has 2 aromatic carbocycles. The molecule has 0 N–H and O–H groups in total. The summed E-state index contributed by atoms with van der Waals surface area (Å²) in [6.45, 7) is 7.07. The van der Waals surface area contributed by atoms with Gasteiger partial charge in [-0.05, 0) is 66.3 Å². The van der Waals surface area contributed by atoms with Crippen molar-refractivity contribution < 1.29 is 9.30 Å². The van der Waals surface area contributed by atoms with Crippen molar-refractivity contribution in [3.8, 4) is 22.8 Å². The average molecular weight is 415 g/mol. The first-order valence-corrected chi connectivity index (χ1v) is 11.9. The van der Waals surface area contributed by atoms with Gasteiger partial charge in [0.2, 0.25) is 5.69 Å². The van der Waals surface area contributed by atoms with E-state index in [9.17, 15) is 0 Å². The smallest absolute Gasteiger partial charge is 0.228 e. The van der Waals surface area contributed by atoms with Crippen molar-refractivity contribution in [2.24, 2.45) is 12.5 Å². The van der Waals surface area contributed by atoms with Gasteiger partial charge >= 0.3 is 0 Å². The van der Waals surface area contributed by atoms with Crippen LogP contribution < -0.4 is 9.30 Å². The van der Waals surface area contributed by atoms with E-state index < -0.39 is 0 Å². The zero-order valence-electron chi connectivity index (χ0n) is 18.2. The average Bonchev–Trinajstić information content (AvgIpc) is 3.09. The summed E-state index contributed by atoms with van der Waals surface area (Å²) in [5.41, 5.74) is 4.35. The number of fused-ring (bicyclic) bond motifs is 3. The molecule has 0 spiro atoms. The second kappa shape index (κ2) is 6.31. The summed E-state index contributed by atoms with van der Waals surface area (Å²) < 4.78 is 10.4. The number of pyridine rings is 1. The van der Waals surface area contributed by atoms with Gasteiger partial charge in [-0.25, -0.2) is 4.57 Å². The molecule has 1 fully saturated rings. The minimum absolute atomic E-state index is 0.478. The largest absolute Gasteiger partial charge is 0.454 e. The zero-order valence-corrected chi connectivity index (χ0v) is 19.0. The molecule has 152 valence electrons. The Labute approximate surface area is 182 Å². The highest BCUT2D eigenvalue weighted by molar-refractivity contribution is 7.19. The quantitative estimate of drug-likeness (QED) is 0.257. The molecule has 6 rings (SSSR count). The summed E-state index contributed by atoms with van der Waals surface area (Å²) in [5, 5.41) is 3.88. The van der Waals surface area contributed by atoms with E-state index in [2.05, 4.69) is 75.0 Å².